The van der Waals surface area contributed by atoms with Gasteiger partial charge in [0.1, 0.15) is 0 Å². The maximum Gasteiger partial charge on any atom is 0.237 e. The number of nitrogens with two attached hydrogens (primary N) is 1. The Morgan fingerprint density at radius 3 is 2.36 bits per heavy atom. The molecule has 144 valence electrons. The fourth-order valence-corrected chi connectivity index (χ4v) is 2.99. The first-order valence-corrected chi connectivity index (χ1v) is 8.47. The monoisotopic (exact) mass is 391 g/mol. The minimum absolute atomic E-state index is 0. The summed E-state index contributed by atoms with van der Waals surface area (Å²) in [5.74, 6) is 0.395. The normalized spacial score (nSPS) is 17.1. The van der Waals surface area contributed by atoms with Crippen LogP contribution in [0.4, 0.5) is 0 Å². The summed E-state index contributed by atoms with van der Waals surface area (Å²) in [4.78, 5) is 14.7. The topological polar surface area (TPSA) is 67.6 Å². The molecule has 2 atom stereocenters. The Morgan fingerprint density at radius 1 is 1.20 bits per heavy atom. The Morgan fingerprint density at radius 2 is 1.80 bits per heavy atom. The van der Waals surface area contributed by atoms with Crippen LogP contribution in [0.25, 0.3) is 0 Å². The van der Waals surface area contributed by atoms with Crippen LogP contribution in [0.5, 0.6) is 0 Å². The van der Waals surface area contributed by atoms with Gasteiger partial charge in [-0.3, -0.25) is 9.69 Å². The Labute approximate surface area is 163 Å². The van der Waals surface area contributed by atoms with Crippen LogP contribution in [0.2, 0.25) is 0 Å². The lowest BCUT2D eigenvalue weighted by Gasteiger charge is -2.37. The summed E-state index contributed by atoms with van der Waals surface area (Å²) in [6, 6.07) is 9.71. The van der Waals surface area contributed by atoms with E-state index in [9.17, 15) is 4.79 Å². The number of benzene rings is 1. The fourth-order valence-electron chi connectivity index (χ4n) is 2.99. The van der Waals surface area contributed by atoms with Gasteiger partial charge in [-0.25, -0.2) is 0 Å². The smallest absolute Gasteiger partial charge is 0.237 e. The number of morpholine rings is 1. The average molecular weight is 392 g/mol. The van der Waals surface area contributed by atoms with Crippen molar-refractivity contribution < 1.29 is 9.53 Å². The largest absolute Gasteiger partial charge is 0.379 e. The molecule has 0 aliphatic carbocycles. The number of carbonyl (C=O) groups is 1. The number of carbonyl (C=O) groups excluding carboxylic acids is 1. The molecule has 0 radical (unpaired) electrons. The lowest BCUT2D eigenvalue weighted by molar-refractivity contribution is -0.122. The third kappa shape index (κ3) is 7.92. The van der Waals surface area contributed by atoms with Crippen LogP contribution < -0.4 is 11.1 Å². The van der Waals surface area contributed by atoms with E-state index in [2.05, 4.69) is 24.1 Å². The van der Waals surface area contributed by atoms with Crippen LogP contribution in [0.1, 0.15) is 19.4 Å². The number of nitrogens with zero attached hydrogens (tertiary/aromatic N) is 1. The zero-order valence-corrected chi connectivity index (χ0v) is 16.7. The molecule has 1 heterocycles. The molecule has 25 heavy (non-hydrogen) atoms. The van der Waals surface area contributed by atoms with Gasteiger partial charge in [-0.05, 0) is 17.9 Å². The van der Waals surface area contributed by atoms with Crippen LogP contribution in [-0.4, -0.2) is 55.7 Å². The Hall–Kier alpha value is -0.850. The van der Waals surface area contributed by atoms with Crippen molar-refractivity contribution in [2.75, 3.05) is 32.8 Å². The predicted octanol–water partition coefficient (Wildman–Crippen LogP) is 1.87. The Kier molecular flexibility index (Phi) is 12.1. The van der Waals surface area contributed by atoms with E-state index in [1.807, 2.05) is 30.3 Å². The van der Waals surface area contributed by atoms with Crippen molar-refractivity contribution in [3.63, 3.8) is 0 Å². The van der Waals surface area contributed by atoms with Gasteiger partial charge in [0.25, 0.3) is 0 Å². The van der Waals surface area contributed by atoms with Crippen molar-refractivity contribution >= 4 is 30.7 Å². The first-order valence-electron chi connectivity index (χ1n) is 8.47. The molecule has 1 fully saturated rings. The highest BCUT2D eigenvalue weighted by atomic mass is 35.5. The summed E-state index contributed by atoms with van der Waals surface area (Å²) in [7, 11) is 0. The van der Waals surface area contributed by atoms with Crippen molar-refractivity contribution in [1.82, 2.24) is 10.2 Å². The maximum absolute atomic E-state index is 12.3. The molecular formula is C18H31Cl2N3O2. The first-order chi connectivity index (χ1) is 11.1. The van der Waals surface area contributed by atoms with Crippen LogP contribution >= 0.6 is 24.8 Å². The number of ether oxygens (including phenoxy) is 1. The molecule has 0 bridgehead atoms. The molecule has 5 nitrogen and oxygen atoms in total. The summed E-state index contributed by atoms with van der Waals surface area (Å²) in [5.41, 5.74) is 7.13. The molecule has 2 unspecified atom stereocenters. The van der Waals surface area contributed by atoms with E-state index in [0.717, 1.165) is 31.9 Å². The van der Waals surface area contributed by atoms with Crippen molar-refractivity contribution in [1.29, 1.82) is 0 Å². The second-order valence-corrected chi connectivity index (χ2v) is 6.50. The van der Waals surface area contributed by atoms with Crippen LogP contribution in [0.3, 0.4) is 0 Å². The number of hydrogen-bond donors (Lipinski definition) is 2. The molecule has 0 saturated carbocycles. The Bertz CT molecular complexity index is 482. The molecule has 1 aromatic carbocycles. The van der Waals surface area contributed by atoms with E-state index >= 15 is 0 Å². The molecule has 2 rings (SSSR count). The summed E-state index contributed by atoms with van der Waals surface area (Å²) in [6.45, 7) is 8.41. The van der Waals surface area contributed by atoms with Crippen molar-refractivity contribution in [2.45, 2.75) is 32.4 Å². The third-order valence-electron chi connectivity index (χ3n) is 4.40. The molecule has 1 saturated heterocycles. The fraction of sp³-hybridized carbons (Fsp3) is 0.611. The summed E-state index contributed by atoms with van der Waals surface area (Å²) < 4.78 is 5.41. The van der Waals surface area contributed by atoms with Crippen LogP contribution in [-0.2, 0) is 16.0 Å². The van der Waals surface area contributed by atoms with Gasteiger partial charge in [-0.2, -0.15) is 0 Å². The van der Waals surface area contributed by atoms with Gasteiger partial charge in [-0.1, -0.05) is 44.2 Å². The Balaban J connectivity index is 0.00000288. The molecule has 7 heteroatoms. The second kappa shape index (κ2) is 12.5. The van der Waals surface area contributed by atoms with Crippen molar-refractivity contribution in [3.8, 4) is 0 Å². The molecule has 1 aliphatic heterocycles. The SMILES string of the molecule is CC(C)C(CNC(=O)C(N)Cc1ccccc1)N1CCOCC1.Cl.Cl. The summed E-state index contributed by atoms with van der Waals surface area (Å²) >= 11 is 0. The quantitative estimate of drug-likeness (QED) is 0.744. The lowest BCUT2D eigenvalue weighted by atomic mass is 10.0. The zero-order valence-electron chi connectivity index (χ0n) is 15.0. The molecule has 1 aliphatic rings. The summed E-state index contributed by atoms with van der Waals surface area (Å²) in [5, 5.41) is 3.03. The van der Waals surface area contributed by atoms with Gasteiger partial charge in [0, 0.05) is 25.7 Å². The highest BCUT2D eigenvalue weighted by Crippen LogP contribution is 2.12. The number of amides is 1. The van der Waals surface area contributed by atoms with E-state index in [0.29, 0.717) is 24.9 Å². The van der Waals surface area contributed by atoms with Gasteiger partial charge < -0.3 is 15.8 Å². The zero-order chi connectivity index (χ0) is 16.7. The number of nitrogens with one attached hydrogen (secondary N) is 1. The minimum atomic E-state index is -0.505. The van der Waals surface area contributed by atoms with Gasteiger partial charge in [0.05, 0.1) is 19.3 Å². The molecular weight excluding hydrogens is 361 g/mol. The minimum Gasteiger partial charge on any atom is -0.379 e. The van der Waals surface area contributed by atoms with Gasteiger partial charge in [0.15, 0.2) is 0 Å². The predicted molar refractivity (Wildman–Crippen MR) is 107 cm³/mol. The molecule has 1 aromatic rings. The second-order valence-electron chi connectivity index (χ2n) is 6.50. The molecule has 0 spiro atoms. The van der Waals surface area contributed by atoms with Gasteiger partial charge in [0.2, 0.25) is 5.91 Å². The third-order valence-corrected chi connectivity index (χ3v) is 4.40. The van der Waals surface area contributed by atoms with Crippen molar-refractivity contribution in [2.24, 2.45) is 11.7 Å². The number of hydrogen-bond acceptors (Lipinski definition) is 4. The van der Waals surface area contributed by atoms with E-state index in [-0.39, 0.29) is 30.7 Å². The van der Waals surface area contributed by atoms with Gasteiger partial charge in [-0.15, -0.1) is 24.8 Å². The molecule has 3 N–H and O–H groups in total. The summed E-state index contributed by atoms with van der Waals surface area (Å²) in [6.07, 6.45) is 0.566. The highest BCUT2D eigenvalue weighted by Gasteiger charge is 2.25. The van der Waals surface area contributed by atoms with Crippen LogP contribution in [0.15, 0.2) is 30.3 Å². The van der Waals surface area contributed by atoms with E-state index in [1.165, 1.54) is 0 Å². The molecule has 1 amide bonds. The average Bonchev–Trinajstić information content (AvgIpc) is 2.56. The van der Waals surface area contributed by atoms with Crippen molar-refractivity contribution in [3.05, 3.63) is 35.9 Å². The van der Waals surface area contributed by atoms with Crippen LogP contribution in [0, 0.1) is 5.92 Å². The standard InChI is InChI=1S/C18H29N3O2.2ClH/c1-14(2)17(21-8-10-23-11-9-21)13-20-18(22)16(19)12-15-6-4-3-5-7-15;;/h3-7,14,16-17H,8-13,19H2,1-2H3,(H,20,22);2*1H. The molecule has 0 aromatic heterocycles. The van der Waals surface area contributed by atoms with E-state index < -0.39 is 6.04 Å². The van der Waals surface area contributed by atoms with Gasteiger partial charge >= 0.3 is 0 Å². The van der Waals surface area contributed by atoms with E-state index in [4.69, 9.17) is 10.5 Å². The lowest BCUT2D eigenvalue weighted by Crippen LogP contribution is -2.53. The number of halogens is 2. The van der Waals surface area contributed by atoms with E-state index in [1.54, 1.807) is 0 Å². The highest BCUT2D eigenvalue weighted by molar-refractivity contribution is 5.85. The number of rotatable bonds is 7. The first kappa shape index (κ1) is 24.1. The maximum atomic E-state index is 12.3.